The number of fused-ring (bicyclic) bond motifs is 1. The zero-order valence-electron chi connectivity index (χ0n) is 13.0. The molecule has 1 saturated carbocycles. The second-order valence-corrected chi connectivity index (χ2v) is 7.17. The van der Waals surface area contributed by atoms with E-state index in [1.807, 2.05) is 0 Å². The minimum Gasteiger partial charge on any atom is -0.383 e. The number of aromatic nitrogens is 1. The van der Waals surface area contributed by atoms with Crippen LogP contribution in [-0.4, -0.2) is 38.3 Å². The molecule has 3 rings (SSSR count). The van der Waals surface area contributed by atoms with E-state index in [-0.39, 0.29) is 0 Å². The van der Waals surface area contributed by atoms with Crippen molar-refractivity contribution >= 4 is 16.5 Å². The van der Waals surface area contributed by atoms with Gasteiger partial charge in [-0.25, -0.2) is 4.98 Å². The van der Waals surface area contributed by atoms with Gasteiger partial charge in [0.2, 0.25) is 0 Å². The number of rotatable bonds is 6. The van der Waals surface area contributed by atoms with Gasteiger partial charge in [0.1, 0.15) is 0 Å². The van der Waals surface area contributed by atoms with Crippen LogP contribution in [-0.2, 0) is 11.3 Å². The van der Waals surface area contributed by atoms with Crippen molar-refractivity contribution in [2.24, 2.45) is 11.8 Å². The molecule has 0 spiro atoms. The van der Waals surface area contributed by atoms with Gasteiger partial charge in [0.05, 0.1) is 12.3 Å². The van der Waals surface area contributed by atoms with Crippen molar-refractivity contribution in [3.05, 3.63) is 11.1 Å². The lowest BCUT2D eigenvalue weighted by Crippen LogP contribution is -2.41. The molecule has 0 radical (unpaired) electrons. The second-order valence-electron chi connectivity index (χ2n) is 6.33. The van der Waals surface area contributed by atoms with Crippen molar-refractivity contribution < 1.29 is 4.74 Å². The summed E-state index contributed by atoms with van der Waals surface area (Å²) in [5.41, 5.74) is 1.16. The molecule has 1 aliphatic heterocycles. The van der Waals surface area contributed by atoms with Crippen LogP contribution in [0.2, 0.25) is 0 Å². The minimum absolute atomic E-state index is 0.756. The average Bonchev–Trinajstić information content (AvgIpc) is 3.00. The van der Waals surface area contributed by atoms with Crippen molar-refractivity contribution in [3.63, 3.8) is 0 Å². The van der Waals surface area contributed by atoms with Crippen LogP contribution in [0.4, 0.5) is 5.13 Å². The zero-order valence-corrected chi connectivity index (χ0v) is 13.8. The highest BCUT2D eigenvalue weighted by atomic mass is 32.1. The first-order chi connectivity index (χ1) is 10.4. The molecule has 21 heavy (non-hydrogen) atoms. The summed E-state index contributed by atoms with van der Waals surface area (Å²) in [7, 11) is 1.73. The molecule has 2 heterocycles. The molecule has 1 aromatic rings. The largest absolute Gasteiger partial charge is 0.383 e. The van der Waals surface area contributed by atoms with Gasteiger partial charge in [-0.2, -0.15) is 0 Å². The van der Waals surface area contributed by atoms with Crippen molar-refractivity contribution in [2.75, 3.05) is 38.3 Å². The van der Waals surface area contributed by atoms with E-state index < -0.39 is 0 Å². The monoisotopic (exact) mass is 309 g/mol. The number of methoxy groups -OCH3 is 1. The number of piperidine rings is 1. The van der Waals surface area contributed by atoms with Crippen LogP contribution in [0.15, 0.2) is 5.38 Å². The lowest BCUT2D eigenvalue weighted by molar-refractivity contribution is 0.199. The Labute approximate surface area is 131 Å². The normalized spacial score (nSPS) is 25.9. The van der Waals surface area contributed by atoms with Gasteiger partial charge in [-0.15, -0.1) is 11.3 Å². The number of hydrogen-bond donors (Lipinski definition) is 1. The summed E-state index contributed by atoms with van der Waals surface area (Å²) in [6, 6.07) is 0. The molecule has 2 unspecified atom stereocenters. The van der Waals surface area contributed by atoms with Gasteiger partial charge in [-0.3, -0.25) is 0 Å². The average molecular weight is 309 g/mol. The maximum Gasteiger partial charge on any atom is 0.185 e. The topological polar surface area (TPSA) is 37.4 Å². The van der Waals surface area contributed by atoms with Crippen molar-refractivity contribution in [2.45, 2.75) is 38.6 Å². The van der Waals surface area contributed by atoms with E-state index >= 15 is 0 Å². The number of thiazole rings is 1. The van der Waals surface area contributed by atoms with Gasteiger partial charge >= 0.3 is 0 Å². The molecular weight excluding hydrogens is 282 g/mol. The van der Waals surface area contributed by atoms with Crippen molar-refractivity contribution in [1.82, 2.24) is 10.3 Å². The van der Waals surface area contributed by atoms with E-state index in [1.54, 1.807) is 18.4 Å². The Morgan fingerprint density at radius 1 is 1.33 bits per heavy atom. The third-order valence-electron chi connectivity index (χ3n) is 4.89. The van der Waals surface area contributed by atoms with Gasteiger partial charge in [-0.1, -0.05) is 19.3 Å². The molecule has 2 atom stereocenters. The van der Waals surface area contributed by atoms with Crippen LogP contribution >= 0.6 is 11.3 Å². The van der Waals surface area contributed by atoms with Crippen LogP contribution < -0.4 is 10.2 Å². The number of anilines is 1. The summed E-state index contributed by atoms with van der Waals surface area (Å²) in [5.74, 6) is 1.91. The summed E-state index contributed by atoms with van der Waals surface area (Å²) < 4.78 is 5.04. The maximum atomic E-state index is 5.04. The number of hydrogen-bond acceptors (Lipinski definition) is 5. The van der Waals surface area contributed by atoms with Crippen LogP contribution in [0.1, 0.15) is 37.8 Å². The highest BCUT2D eigenvalue weighted by Crippen LogP contribution is 2.38. The molecule has 2 fully saturated rings. The molecule has 0 bridgehead atoms. The molecule has 0 amide bonds. The van der Waals surface area contributed by atoms with E-state index in [0.29, 0.717) is 0 Å². The SMILES string of the molecule is COCCNCc1csc(N2CCC3CCCCC3C2)n1. The van der Waals surface area contributed by atoms with Gasteiger partial charge in [-0.05, 0) is 24.7 Å². The predicted molar refractivity (Wildman–Crippen MR) is 88.0 cm³/mol. The van der Waals surface area contributed by atoms with Crippen molar-refractivity contribution in [1.29, 1.82) is 0 Å². The summed E-state index contributed by atoms with van der Waals surface area (Å²) in [5, 5.41) is 6.79. The smallest absolute Gasteiger partial charge is 0.185 e. The second kappa shape index (κ2) is 7.56. The predicted octanol–water partition coefficient (Wildman–Crippen LogP) is 2.90. The summed E-state index contributed by atoms with van der Waals surface area (Å²) in [4.78, 5) is 7.33. The Bertz CT molecular complexity index is 437. The first-order valence-electron chi connectivity index (χ1n) is 8.26. The third kappa shape index (κ3) is 3.96. The maximum absolute atomic E-state index is 5.04. The Kier molecular flexibility index (Phi) is 5.49. The molecule has 1 aromatic heterocycles. The molecule has 2 aliphatic rings. The Morgan fingerprint density at radius 2 is 2.19 bits per heavy atom. The fourth-order valence-electron chi connectivity index (χ4n) is 3.69. The number of nitrogens with zero attached hydrogens (tertiary/aromatic N) is 2. The van der Waals surface area contributed by atoms with Crippen LogP contribution in [0.5, 0.6) is 0 Å². The first kappa shape index (κ1) is 15.3. The molecular formula is C16H27N3OS. The molecule has 5 heteroatoms. The fraction of sp³-hybridized carbons (Fsp3) is 0.812. The zero-order chi connectivity index (χ0) is 14.5. The van der Waals surface area contributed by atoms with Crippen LogP contribution in [0, 0.1) is 11.8 Å². The Hall–Kier alpha value is -0.650. The van der Waals surface area contributed by atoms with Gasteiger partial charge < -0.3 is 15.0 Å². The van der Waals surface area contributed by atoms with E-state index in [0.717, 1.165) is 37.2 Å². The molecule has 1 N–H and O–H groups in total. The molecule has 118 valence electrons. The molecule has 4 nitrogen and oxygen atoms in total. The highest BCUT2D eigenvalue weighted by molar-refractivity contribution is 7.13. The standard InChI is InChI=1S/C16H27N3OS/c1-20-9-7-17-10-15-12-21-16(18-15)19-8-6-13-4-2-3-5-14(13)11-19/h12-14,17H,2-11H2,1H3. The van der Waals surface area contributed by atoms with Gasteiger partial charge in [0, 0.05) is 38.7 Å². The van der Waals surface area contributed by atoms with Crippen LogP contribution in [0.25, 0.3) is 0 Å². The summed E-state index contributed by atoms with van der Waals surface area (Å²) in [6.07, 6.45) is 7.14. The van der Waals surface area contributed by atoms with E-state index in [2.05, 4.69) is 15.6 Å². The lowest BCUT2D eigenvalue weighted by atomic mass is 9.75. The Balaban J connectivity index is 1.51. The minimum atomic E-state index is 0.756. The number of ether oxygens (including phenoxy) is 1. The lowest BCUT2D eigenvalue weighted by Gasteiger charge is -2.41. The van der Waals surface area contributed by atoms with Crippen molar-refractivity contribution in [3.8, 4) is 0 Å². The van der Waals surface area contributed by atoms with E-state index in [4.69, 9.17) is 9.72 Å². The number of nitrogens with one attached hydrogen (secondary N) is 1. The Morgan fingerprint density at radius 3 is 3.05 bits per heavy atom. The van der Waals surface area contributed by atoms with Crippen LogP contribution in [0.3, 0.4) is 0 Å². The molecule has 1 aliphatic carbocycles. The van der Waals surface area contributed by atoms with E-state index in [9.17, 15) is 0 Å². The summed E-state index contributed by atoms with van der Waals surface area (Å²) >= 11 is 1.80. The van der Waals surface area contributed by atoms with E-state index in [1.165, 1.54) is 50.3 Å². The first-order valence-corrected chi connectivity index (χ1v) is 9.14. The molecule has 1 saturated heterocycles. The highest BCUT2D eigenvalue weighted by Gasteiger charge is 2.31. The third-order valence-corrected chi connectivity index (χ3v) is 5.84. The quantitative estimate of drug-likeness (QED) is 0.820. The van der Waals surface area contributed by atoms with Gasteiger partial charge in [0.15, 0.2) is 5.13 Å². The fourth-order valence-corrected chi connectivity index (χ4v) is 4.55. The summed E-state index contributed by atoms with van der Waals surface area (Å²) in [6.45, 7) is 4.92. The van der Waals surface area contributed by atoms with Gasteiger partial charge in [0.25, 0.3) is 0 Å². The molecule has 0 aromatic carbocycles.